The normalized spacial score (nSPS) is 8.58. The summed E-state index contributed by atoms with van der Waals surface area (Å²) in [5.41, 5.74) is 0.566. The van der Waals surface area contributed by atoms with Gasteiger partial charge in [0.15, 0.2) is 11.4 Å². The highest BCUT2D eigenvalue weighted by molar-refractivity contribution is 9.10. The van der Waals surface area contributed by atoms with Gasteiger partial charge in [0.1, 0.15) is 23.9 Å². The van der Waals surface area contributed by atoms with Crippen molar-refractivity contribution in [2.75, 3.05) is 5.32 Å². The summed E-state index contributed by atoms with van der Waals surface area (Å²) in [6, 6.07) is 9.79. The van der Waals surface area contributed by atoms with E-state index in [0.29, 0.717) is 15.7 Å². The second-order valence-corrected chi connectivity index (χ2v) is 4.32. The van der Waals surface area contributed by atoms with E-state index >= 15 is 0 Å². The van der Waals surface area contributed by atoms with Crippen LogP contribution in [0.2, 0.25) is 0 Å². The van der Waals surface area contributed by atoms with Crippen LogP contribution in [0.4, 0.5) is 5.69 Å². The minimum atomic E-state index is -0.301. The Morgan fingerprint density at radius 1 is 1.21 bits per heavy atom. The standard InChI is InChI=1S/C13H7BrN4O/c1-8(19)9-2-3-12(11(14)4-9)18-13(7-17)10(5-15)6-16/h2-4,18H,1H3. The van der Waals surface area contributed by atoms with Gasteiger partial charge in [0.2, 0.25) is 0 Å². The smallest absolute Gasteiger partial charge is 0.163 e. The number of allylic oxidation sites excluding steroid dienone is 2. The van der Waals surface area contributed by atoms with E-state index < -0.39 is 0 Å². The first kappa shape index (κ1) is 14.4. The lowest BCUT2D eigenvalue weighted by Crippen LogP contribution is -2.02. The Labute approximate surface area is 118 Å². The van der Waals surface area contributed by atoms with Crippen LogP contribution in [-0.2, 0) is 0 Å². The largest absolute Gasteiger partial charge is 0.344 e. The molecule has 0 fully saturated rings. The number of carbonyl (C=O) groups excluding carboxylic acids is 1. The van der Waals surface area contributed by atoms with Crippen molar-refractivity contribution in [2.24, 2.45) is 0 Å². The Kier molecular flexibility index (Phi) is 4.83. The fourth-order valence-electron chi connectivity index (χ4n) is 1.25. The number of hydrogen-bond donors (Lipinski definition) is 1. The van der Waals surface area contributed by atoms with Crippen LogP contribution in [0.1, 0.15) is 17.3 Å². The molecule has 0 radical (unpaired) electrons. The van der Waals surface area contributed by atoms with Crippen molar-refractivity contribution >= 4 is 27.4 Å². The second kappa shape index (κ2) is 6.35. The molecule has 1 N–H and O–H groups in total. The van der Waals surface area contributed by atoms with Gasteiger partial charge in [0, 0.05) is 10.0 Å². The number of rotatable bonds is 3. The van der Waals surface area contributed by atoms with E-state index in [-0.39, 0.29) is 17.1 Å². The first-order valence-corrected chi connectivity index (χ1v) is 5.84. The lowest BCUT2D eigenvalue weighted by Gasteiger charge is -2.08. The van der Waals surface area contributed by atoms with Gasteiger partial charge in [0.25, 0.3) is 0 Å². The van der Waals surface area contributed by atoms with Crippen LogP contribution in [0.5, 0.6) is 0 Å². The molecule has 1 aromatic carbocycles. The molecule has 0 unspecified atom stereocenters. The molecule has 0 aromatic heterocycles. The van der Waals surface area contributed by atoms with Crippen molar-refractivity contribution in [1.82, 2.24) is 0 Å². The zero-order valence-corrected chi connectivity index (χ0v) is 11.4. The van der Waals surface area contributed by atoms with E-state index in [1.54, 1.807) is 36.4 Å². The molecule has 1 aromatic rings. The Morgan fingerprint density at radius 2 is 1.84 bits per heavy atom. The second-order valence-electron chi connectivity index (χ2n) is 3.46. The minimum absolute atomic E-state index is 0.0852. The molecule has 19 heavy (non-hydrogen) atoms. The third-order valence-corrected chi connectivity index (χ3v) is 2.88. The monoisotopic (exact) mass is 314 g/mol. The molecule has 0 amide bonds. The van der Waals surface area contributed by atoms with E-state index in [9.17, 15) is 4.79 Å². The summed E-state index contributed by atoms with van der Waals surface area (Å²) in [5, 5.41) is 29.0. The van der Waals surface area contributed by atoms with Crippen LogP contribution in [0.3, 0.4) is 0 Å². The molecular weight excluding hydrogens is 308 g/mol. The Bertz CT molecular complexity index is 670. The number of nitriles is 3. The third-order valence-electron chi connectivity index (χ3n) is 2.22. The van der Waals surface area contributed by atoms with Crippen molar-refractivity contribution in [3.63, 3.8) is 0 Å². The van der Waals surface area contributed by atoms with Gasteiger partial charge in [-0.15, -0.1) is 0 Å². The summed E-state index contributed by atoms with van der Waals surface area (Å²) in [6.45, 7) is 1.44. The first-order valence-electron chi connectivity index (χ1n) is 5.05. The molecule has 0 aliphatic carbocycles. The van der Waals surface area contributed by atoms with Gasteiger partial charge in [-0.1, -0.05) is 0 Å². The van der Waals surface area contributed by atoms with Crippen LogP contribution >= 0.6 is 15.9 Å². The number of benzene rings is 1. The van der Waals surface area contributed by atoms with Crippen LogP contribution in [0.25, 0.3) is 0 Å². The molecular formula is C13H7BrN4O. The Balaban J connectivity index is 3.19. The first-order chi connectivity index (χ1) is 9.03. The molecule has 1 rings (SSSR count). The fraction of sp³-hybridized carbons (Fsp3) is 0.0769. The topological polar surface area (TPSA) is 100 Å². The Hall–Kier alpha value is -2.62. The number of Topliss-reactive ketones (excluding diaryl/α,β-unsaturated/α-hetero) is 1. The highest BCUT2D eigenvalue weighted by Gasteiger charge is 2.09. The van der Waals surface area contributed by atoms with Gasteiger partial charge in [-0.3, -0.25) is 4.79 Å². The number of nitrogens with one attached hydrogen (secondary N) is 1. The van der Waals surface area contributed by atoms with E-state index in [4.69, 9.17) is 15.8 Å². The molecule has 0 aliphatic rings. The highest BCUT2D eigenvalue weighted by atomic mass is 79.9. The zero-order chi connectivity index (χ0) is 14.4. The molecule has 0 aliphatic heterocycles. The number of hydrogen-bond acceptors (Lipinski definition) is 5. The predicted molar refractivity (Wildman–Crippen MR) is 71.6 cm³/mol. The van der Waals surface area contributed by atoms with E-state index in [0.717, 1.165) is 0 Å². The number of carbonyl (C=O) groups is 1. The summed E-state index contributed by atoms with van der Waals surface area (Å²) in [7, 11) is 0. The van der Waals surface area contributed by atoms with Gasteiger partial charge in [-0.05, 0) is 41.1 Å². The lowest BCUT2D eigenvalue weighted by atomic mass is 10.1. The summed E-state index contributed by atoms with van der Waals surface area (Å²) >= 11 is 3.25. The molecule has 92 valence electrons. The SMILES string of the molecule is CC(=O)c1ccc(NC(C#N)=C(C#N)C#N)c(Br)c1. The van der Waals surface area contributed by atoms with Crippen LogP contribution in [0, 0.1) is 34.0 Å². The van der Waals surface area contributed by atoms with Crippen molar-refractivity contribution in [3.8, 4) is 18.2 Å². The molecule has 0 saturated heterocycles. The third kappa shape index (κ3) is 3.42. The average molecular weight is 315 g/mol. The average Bonchev–Trinajstić information content (AvgIpc) is 2.40. The fourth-order valence-corrected chi connectivity index (χ4v) is 1.73. The van der Waals surface area contributed by atoms with E-state index in [1.807, 2.05) is 0 Å². The highest BCUT2D eigenvalue weighted by Crippen LogP contribution is 2.25. The number of halogens is 1. The molecule has 0 saturated carbocycles. The summed E-state index contributed by atoms with van der Waals surface area (Å²) in [5.74, 6) is -0.0852. The van der Waals surface area contributed by atoms with Gasteiger partial charge in [-0.25, -0.2) is 0 Å². The lowest BCUT2D eigenvalue weighted by molar-refractivity contribution is 0.101. The minimum Gasteiger partial charge on any atom is -0.344 e. The van der Waals surface area contributed by atoms with E-state index in [1.165, 1.54) is 6.92 Å². The van der Waals surface area contributed by atoms with Crippen molar-refractivity contribution in [3.05, 3.63) is 39.5 Å². The number of ketones is 1. The number of nitrogens with zero attached hydrogens (tertiary/aromatic N) is 3. The Morgan fingerprint density at radius 3 is 2.26 bits per heavy atom. The zero-order valence-electron chi connectivity index (χ0n) is 9.86. The summed E-state index contributed by atoms with van der Waals surface area (Å²) in [6.07, 6.45) is 0. The summed E-state index contributed by atoms with van der Waals surface area (Å²) < 4.78 is 0.558. The predicted octanol–water partition coefficient (Wildman–Crippen LogP) is 2.89. The molecule has 0 atom stereocenters. The van der Waals surface area contributed by atoms with Crippen LogP contribution in [-0.4, -0.2) is 5.78 Å². The van der Waals surface area contributed by atoms with Crippen molar-refractivity contribution in [2.45, 2.75) is 6.92 Å². The maximum atomic E-state index is 11.2. The summed E-state index contributed by atoms with van der Waals surface area (Å²) in [4.78, 5) is 11.2. The number of anilines is 1. The molecule has 0 bridgehead atoms. The quantitative estimate of drug-likeness (QED) is 0.682. The van der Waals surface area contributed by atoms with E-state index in [2.05, 4.69) is 21.2 Å². The van der Waals surface area contributed by atoms with Gasteiger partial charge >= 0.3 is 0 Å². The van der Waals surface area contributed by atoms with Gasteiger partial charge in [0.05, 0.1) is 5.69 Å². The van der Waals surface area contributed by atoms with Crippen LogP contribution in [0.15, 0.2) is 33.9 Å². The van der Waals surface area contributed by atoms with Gasteiger partial charge in [-0.2, -0.15) is 15.8 Å². The van der Waals surface area contributed by atoms with Crippen molar-refractivity contribution in [1.29, 1.82) is 15.8 Å². The molecule has 0 heterocycles. The maximum Gasteiger partial charge on any atom is 0.163 e. The van der Waals surface area contributed by atoms with Crippen molar-refractivity contribution < 1.29 is 4.79 Å². The van der Waals surface area contributed by atoms with Gasteiger partial charge < -0.3 is 5.32 Å². The molecule has 5 nitrogen and oxygen atoms in total. The van der Waals surface area contributed by atoms with Crippen LogP contribution < -0.4 is 5.32 Å². The molecule has 6 heteroatoms. The molecule has 0 spiro atoms. The maximum absolute atomic E-state index is 11.2.